The van der Waals surface area contributed by atoms with Gasteiger partial charge in [0.1, 0.15) is 7.22 Å². The van der Waals surface area contributed by atoms with Crippen molar-refractivity contribution in [2.45, 2.75) is 31.8 Å². The molecule has 88 valence electrons. The fourth-order valence-corrected chi connectivity index (χ4v) is 6.60. The average molecular weight is 252 g/mol. The van der Waals surface area contributed by atoms with E-state index in [-0.39, 0.29) is 0 Å². The summed E-state index contributed by atoms with van der Waals surface area (Å²) >= 11 is 2.10. The zero-order chi connectivity index (χ0) is 12.0. The van der Waals surface area contributed by atoms with Crippen LogP contribution in [0.25, 0.3) is 0 Å². The standard InChI is InChI=1S/C12H20N2SSi/c1-11(15-16(2,3)4)9-13-10-12-7-5-6-8-14-12/h5-8,10-11H,9H2,1-4H3/b13-10-. The fourth-order valence-electron chi connectivity index (χ4n) is 1.39. The maximum Gasteiger partial charge on any atom is 0.108 e. The van der Waals surface area contributed by atoms with Crippen LogP contribution in [-0.2, 0) is 0 Å². The van der Waals surface area contributed by atoms with Gasteiger partial charge in [-0.25, -0.2) is 0 Å². The summed E-state index contributed by atoms with van der Waals surface area (Å²) < 4.78 is 0. The van der Waals surface area contributed by atoms with Crippen molar-refractivity contribution in [3.8, 4) is 0 Å². The van der Waals surface area contributed by atoms with Crippen LogP contribution in [0.5, 0.6) is 0 Å². The summed E-state index contributed by atoms with van der Waals surface area (Å²) in [5.41, 5.74) is 0.938. The van der Waals surface area contributed by atoms with Gasteiger partial charge in [-0.05, 0) is 12.1 Å². The van der Waals surface area contributed by atoms with E-state index in [0.717, 1.165) is 12.2 Å². The van der Waals surface area contributed by atoms with Crippen molar-refractivity contribution < 1.29 is 0 Å². The Hall–Kier alpha value is -0.613. The van der Waals surface area contributed by atoms with Gasteiger partial charge in [-0.2, -0.15) is 11.2 Å². The molecule has 0 saturated heterocycles. The molecule has 0 N–H and O–H groups in total. The van der Waals surface area contributed by atoms with Gasteiger partial charge in [-0.15, -0.1) is 0 Å². The highest BCUT2D eigenvalue weighted by molar-refractivity contribution is 8.29. The first-order valence-corrected chi connectivity index (χ1v) is 10.7. The molecular weight excluding hydrogens is 232 g/mol. The Kier molecular flexibility index (Phi) is 5.22. The molecule has 0 aliphatic heterocycles. The van der Waals surface area contributed by atoms with Crippen molar-refractivity contribution in [3.63, 3.8) is 0 Å². The molecular formula is C12H20N2SSi. The van der Waals surface area contributed by atoms with E-state index in [4.69, 9.17) is 0 Å². The normalized spacial score (nSPS) is 14.2. The molecule has 16 heavy (non-hydrogen) atoms. The minimum atomic E-state index is -1.02. The molecule has 1 unspecified atom stereocenters. The molecule has 0 aliphatic carbocycles. The average Bonchev–Trinajstić information content (AvgIpc) is 2.16. The smallest absolute Gasteiger partial charge is 0.108 e. The predicted molar refractivity (Wildman–Crippen MR) is 77.1 cm³/mol. The third-order valence-corrected chi connectivity index (χ3v) is 6.42. The van der Waals surface area contributed by atoms with Crippen LogP contribution in [-0.4, -0.2) is 30.2 Å². The molecule has 0 spiro atoms. The molecule has 1 atom stereocenters. The van der Waals surface area contributed by atoms with Gasteiger partial charge in [0.25, 0.3) is 0 Å². The van der Waals surface area contributed by atoms with Crippen LogP contribution in [0, 0.1) is 0 Å². The van der Waals surface area contributed by atoms with E-state index in [1.54, 1.807) is 6.20 Å². The van der Waals surface area contributed by atoms with Crippen LogP contribution in [0.4, 0.5) is 0 Å². The first kappa shape index (κ1) is 13.5. The highest BCUT2D eigenvalue weighted by atomic mass is 32.4. The molecule has 0 saturated carbocycles. The van der Waals surface area contributed by atoms with Crippen molar-refractivity contribution in [1.29, 1.82) is 0 Å². The Morgan fingerprint density at radius 1 is 1.44 bits per heavy atom. The summed E-state index contributed by atoms with van der Waals surface area (Å²) in [6, 6.07) is 5.87. The summed E-state index contributed by atoms with van der Waals surface area (Å²) in [6.45, 7) is 10.2. The largest absolute Gasteiger partial charge is 0.290 e. The minimum absolute atomic E-state index is 0.603. The van der Waals surface area contributed by atoms with Crippen LogP contribution in [0.3, 0.4) is 0 Å². The van der Waals surface area contributed by atoms with Gasteiger partial charge in [-0.3, -0.25) is 9.98 Å². The van der Waals surface area contributed by atoms with Crippen LogP contribution < -0.4 is 0 Å². The van der Waals surface area contributed by atoms with Gasteiger partial charge in [0, 0.05) is 17.7 Å². The second-order valence-electron chi connectivity index (χ2n) is 4.79. The number of nitrogens with zero attached hydrogens (tertiary/aromatic N) is 2. The summed E-state index contributed by atoms with van der Waals surface area (Å²) in [7, 11) is -1.02. The molecule has 1 heterocycles. The zero-order valence-electron chi connectivity index (χ0n) is 10.5. The van der Waals surface area contributed by atoms with Gasteiger partial charge in [-0.1, -0.05) is 32.6 Å². The van der Waals surface area contributed by atoms with E-state index in [1.165, 1.54) is 0 Å². The molecule has 1 rings (SSSR count). The number of aromatic nitrogens is 1. The Morgan fingerprint density at radius 3 is 2.75 bits per heavy atom. The Labute approximate surface area is 103 Å². The van der Waals surface area contributed by atoms with Crippen LogP contribution >= 0.6 is 11.2 Å². The molecule has 0 fully saturated rings. The van der Waals surface area contributed by atoms with E-state index in [9.17, 15) is 0 Å². The first-order chi connectivity index (χ1) is 7.47. The van der Waals surface area contributed by atoms with Gasteiger partial charge in [0.2, 0.25) is 0 Å². The number of hydrogen-bond donors (Lipinski definition) is 0. The van der Waals surface area contributed by atoms with E-state index in [1.807, 2.05) is 24.4 Å². The lowest BCUT2D eigenvalue weighted by Crippen LogP contribution is -2.20. The van der Waals surface area contributed by atoms with Crippen molar-refractivity contribution in [2.24, 2.45) is 4.99 Å². The lowest BCUT2D eigenvalue weighted by Gasteiger charge is -2.19. The topological polar surface area (TPSA) is 25.2 Å². The van der Waals surface area contributed by atoms with Crippen molar-refractivity contribution in [3.05, 3.63) is 30.1 Å². The maximum absolute atomic E-state index is 4.44. The highest BCUT2D eigenvalue weighted by Gasteiger charge is 2.17. The molecule has 0 bridgehead atoms. The highest BCUT2D eigenvalue weighted by Crippen LogP contribution is 2.24. The second-order valence-corrected chi connectivity index (χ2v) is 14.4. The lowest BCUT2D eigenvalue weighted by molar-refractivity contribution is 0.960. The molecule has 1 aromatic heterocycles. The molecule has 4 heteroatoms. The zero-order valence-corrected chi connectivity index (χ0v) is 12.3. The first-order valence-electron chi connectivity index (χ1n) is 5.56. The van der Waals surface area contributed by atoms with Gasteiger partial charge in [0.15, 0.2) is 0 Å². The summed E-state index contributed by atoms with van der Waals surface area (Å²) in [5, 5.41) is 0.603. The number of rotatable bonds is 5. The van der Waals surface area contributed by atoms with Gasteiger partial charge >= 0.3 is 0 Å². The Bertz CT molecular complexity index is 333. The third kappa shape index (κ3) is 6.08. The van der Waals surface area contributed by atoms with E-state index in [2.05, 4.69) is 47.8 Å². The monoisotopic (exact) mass is 252 g/mol. The van der Waals surface area contributed by atoms with Crippen molar-refractivity contribution in [2.75, 3.05) is 6.54 Å². The Balaban J connectivity index is 2.37. The fraction of sp³-hybridized carbons (Fsp3) is 0.500. The molecule has 1 aromatic rings. The number of pyridine rings is 1. The van der Waals surface area contributed by atoms with Gasteiger partial charge in [0.05, 0.1) is 12.2 Å². The van der Waals surface area contributed by atoms with Crippen molar-refractivity contribution >= 4 is 24.6 Å². The summed E-state index contributed by atoms with van der Waals surface area (Å²) in [6.07, 6.45) is 3.66. The summed E-state index contributed by atoms with van der Waals surface area (Å²) in [5.74, 6) is 0. The second kappa shape index (κ2) is 6.20. The molecule has 2 nitrogen and oxygen atoms in total. The number of hydrogen-bond acceptors (Lipinski definition) is 3. The SMILES string of the molecule is CC(C/N=C\c1ccccn1)S[Si](C)(C)C. The molecule has 0 aromatic carbocycles. The van der Waals surface area contributed by atoms with E-state index in [0.29, 0.717) is 5.25 Å². The van der Waals surface area contributed by atoms with Gasteiger partial charge < -0.3 is 0 Å². The molecule has 0 radical (unpaired) electrons. The van der Waals surface area contributed by atoms with Crippen LogP contribution in [0.15, 0.2) is 29.4 Å². The quantitative estimate of drug-likeness (QED) is 0.592. The van der Waals surface area contributed by atoms with Crippen LogP contribution in [0.2, 0.25) is 19.6 Å². The van der Waals surface area contributed by atoms with E-state index < -0.39 is 7.22 Å². The minimum Gasteiger partial charge on any atom is -0.290 e. The molecule has 0 aliphatic rings. The van der Waals surface area contributed by atoms with E-state index >= 15 is 0 Å². The number of aliphatic imine (C=N–C) groups is 1. The maximum atomic E-state index is 4.44. The third-order valence-electron chi connectivity index (χ3n) is 1.83. The lowest BCUT2D eigenvalue weighted by atomic mass is 10.4. The Morgan fingerprint density at radius 2 is 2.19 bits per heavy atom. The van der Waals surface area contributed by atoms with Crippen LogP contribution in [0.1, 0.15) is 12.6 Å². The molecule has 0 amide bonds. The van der Waals surface area contributed by atoms with Crippen molar-refractivity contribution in [1.82, 2.24) is 4.98 Å². The summed E-state index contributed by atoms with van der Waals surface area (Å²) in [4.78, 5) is 8.64. The predicted octanol–water partition coefficient (Wildman–Crippen LogP) is 3.46.